The quantitative estimate of drug-likeness (QED) is 0.577. The van der Waals surface area contributed by atoms with Crippen LogP contribution < -0.4 is 0 Å². The largest absolute Gasteiger partial charge is 0.378 e. The predicted octanol–water partition coefficient (Wildman–Crippen LogP) is 1.14. The van der Waals surface area contributed by atoms with Gasteiger partial charge in [-0.1, -0.05) is 24.3 Å². The summed E-state index contributed by atoms with van der Waals surface area (Å²) in [5.41, 5.74) is 0. The SMILES string of the molecule is O=C(C1CN(CCS(=O)(=O)c2ccccc2)CCN1C(=O)Cc1cccs1)N1CCOCC1. The van der Waals surface area contributed by atoms with E-state index in [9.17, 15) is 18.0 Å². The molecule has 0 N–H and O–H groups in total. The first kappa shape index (κ1) is 23.9. The molecule has 33 heavy (non-hydrogen) atoms. The highest BCUT2D eigenvalue weighted by atomic mass is 32.2. The van der Waals surface area contributed by atoms with Gasteiger partial charge in [-0.2, -0.15) is 0 Å². The van der Waals surface area contributed by atoms with Gasteiger partial charge in [-0.3, -0.25) is 14.5 Å². The van der Waals surface area contributed by atoms with E-state index in [0.29, 0.717) is 57.4 Å². The summed E-state index contributed by atoms with van der Waals surface area (Å²) in [5, 5.41) is 1.93. The van der Waals surface area contributed by atoms with E-state index >= 15 is 0 Å². The van der Waals surface area contributed by atoms with E-state index in [1.807, 2.05) is 22.4 Å². The molecule has 2 aliphatic rings. The molecule has 0 spiro atoms. The number of amides is 2. The van der Waals surface area contributed by atoms with E-state index in [2.05, 4.69) is 0 Å². The Morgan fingerprint density at radius 3 is 2.45 bits per heavy atom. The van der Waals surface area contributed by atoms with Gasteiger partial charge in [0.05, 0.1) is 30.3 Å². The monoisotopic (exact) mass is 491 g/mol. The number of carbonyl (C=O) groups excluding carboxylic acids is 2. The summed E-state index contributed by atoms with van der Waals surface area (Å²) < 4.78 is 30.8. The van der Waals surface area contributed by atoms with Gasteiger partial charge in [0.2, 0.25) is 11.8 Å². The second-order valence-electron chi connectivity index (χ2n) is 8.23. The Labute approximate surface area is 198 Å². The molecule has 2 aromatic rings. The fraction of sp³-hybridized carbons (Fsp3) is 0.478. The number of sulfone groups is 1. The molecule has 0 radical (unpaired) electrons. The maximum Gasteiger partial charge on any atom is 0.246 e. The van der Waals surface area contributed by atoms with Crippen LogP contribution in [0, 0.1) is 0 Å². The van der Waals surface area contributed by atoms with Crippen molar-refractivity contribution in [1.29, 1.82) is 0 Å². The summed E-state index contributed by atoms with van der Waals surface area (Å²) in [5.74, 6) is -0.187. The van der Waals surface area contributed by atoms with Crippen LogP contribution in [0.3, 0.4) is 0 Å². The average Bonchev–Trinajstić information content (AvgIpc) is 3.36. The number of hydrogen-bond acceptors (Lipinski definition) is 7. The molecule has 1 atom stereocenters. The number of thiophene rings is 1. The first-order chi connectivity index (χ1) is 15.9. The Morgan fingerprint density at radius 1 is 1.00 bits per heavy atom. The number of carbonyl (C=O) groups is 2. The first-order valence-electron chi connectivity index (χ1n) is 11.1. The van der Waals surface area contributed by atoms with E-state index < -0.39 is 15.9 Å². The Bertz CT molecular complexity index is 1040. The maximum atomic E-state index is 13.4. The van der Waals surface area contributed by atoms with Crippen molar-refractivity contribution in [3.05, 3.63) is 52.7 Å². The molecule has 2 aliphatic heterocycles. The lowest BCUT2D eigenvalue weighted by Crippen LogP contribution is -2.62. The summed E-state index contributed by atoms with van der Waals surface area (Å²) in [7, 11) is -3.41. The van der Waals surface area contributed by atoms with Crippen molar-refractivity contribution in [2.45, 2.75) is 17.4 Å². The van der Waals surface area contributed by atoms with E-state index in [0.717, 1.165) is 4.88 Å². The molecule has 1 aromatic carbocycles. The smallest absolute Gasteiger partial charge is 0.246 e. The zero-order chi connectivity index (χ0) is 23.3. The second-order valence-corrected chi connectivity index (χ2v) is 11.4. The van der Waals surface area contributed by atoms with Crippen LogP contribution in [0.15, 0.2) is 52.7 Å². The third-order valence-electron chi connectivity index (χ3n) is 6.08. The highest BCUT2D eigenvalue weighted by Gasteiger charge is 2.38. The summed E-state index contributed by atoms with van der Waals surface area (Å²) in [4.78, 5) is 33.2. The molecule has 2 fully saturated rings. The number of nitrogens with zero attached hydrogens (tertiary/aromatic N) is 3. The zero-order valence-electron chi connectivity index (χ0n) is 18.5. The Hall–Kier alpha value is -2.27. The molecule has 3 heterocycles. The molecular weight excluding hydrogens is 462 g/mol. The number of morpholine rings is 1. The van der Waals surface area contributed by atoms with Crippen LogP contribution in [0.5, 0.6) is 0 Å². The summed E-state index contributed by atoms with van der Waals surface area (Å²) in [6.07, 6.45) is 0.271. The van der Waals surface area contributed by atoms with E-state index in [1.54, 1.807) is 40.1 Å². The van der Waals surface area contributed by atoms with Crippen LogP contribution in [-0.2, 0) is 30.6 Å². The Kier molecular flexibility index (Phi) is 7.79. The lowest BCUT2D eigenvalue weighted by Gasteiger charge is -2.43. The molecule has 0 bridgehead atoms. The Balaban J connectivity index is 1.45. The van der Waals surface area contributed by atoms with Gasteiger partial charge in [0.1, 0.15) is 6.04 Å². The van der Waals surface area contributed by atoms with Crippen molar-refractivity contribution in [3.63, 3.8) is 0 Å². The molecule has 8 nitrogen and oxygen atoms in total. The number of benzene rings is 1. The maximum absolute atomic E-state index is 13.4. The molecule has 2 saturated heterocycles. The fourth-order valence-electron chi connectivity index (χ4n) is 4.21. The molecule has 2 amide bonds. The summed E-state index contributed by atoms with van der Waals surface area (Å²) >= 11 is 1.53. The first-order valence-corrected chi connectivity index (χ1v) is 13.7. The molecule has 178 valence electrons. The molecule has 1 aromatic heterocycles. The number of ether oxygens (including phenoxy) is 1. The van der Waals surface area contributed by atoms with Crippen LogP contribution in [0.1, 0.15) is 4.88 Å². The molecule has 4 rings (SSSR count). The fourth-order valence-corrected chi connectivity index (χ4v) is 6.21. The van der Waals surface area contributed by atoms with Crippen molar-refractivity contribution in [1.82, 2.24) is 14.7 Å². The minimum atomic E-state index is -3.41. The average molecular weight is 492 g/mol. The van der Waals surface area contributed by atoms with Gasteiger partial charge in [0, 0.05) is 44.1 Å². The summed E-state index contributed by atoms with van der Waals surface area (Å²) in [6, 6.07) is 11.6. The lowest BCUT2D eigenvalue weighted by molar-refractivity contribution is -0.151. The predicted molar refractivity (Wildman–Crippen MR) is 126 cm³/mol. The molecule has 0 aliphatic carbocycles. The molecule has 0 saturated carbocycles. The van der Waals surface area contributed by atoms with E-state index in [-0.39, 0.29) is 24.0 Å². The van der Waals surface area contributed by atoms with Crippen LogP contribution >= 0.6 is 11.3 Å². The minimum absolute atomic E-state index is 0.0291. The number of piperazine rings is 1. The topological polar surface area (TPSA) is 87.2 Å². The normalized spacial score (nSPS) is 20.1. The lowest BCUT2D eigenvalue weighted by atomic mass is 10.1. The number of hydrogen-bond donors (Lipinski definition) is 0. The van der Waals surface area contributed by atoms with Crippen molar-refractivity contribution in [3.8, 4) is 0 Å². The highest BCUT2D eigenvalue weighted by molar-refractivity contribution is 7.91. The van der Waals surface area contributed by atoms with Gasteiger partial charge in [-0.25, -0.2) is 8.42 Å². The van der Waals surface area contributed by atoms with Gasteiger partial charge in [0.15, 0.2) is 9.84 Å². The van der Waals surface area contributed by atoms with E-state index in [1.165, 1.54) is 11.3 Å². The van der Waals surface area contributed by atoms with Crippen LogP contribution in [0.2, 0.25) is 0 Å². The van der Waals surface area contributed by atoms with Crippen molar-refractivity contribution in [2.24, 2.45) is 0 Å². The van der Waals surface area contributed by atoms with Gasteiger partial charge in [-0.05, 0) is 23.6 Å². The van der Waals surface area contributed by atoms with Gasteiger partial charge in [0.25, 0.3) is 0 Å². The molecule has 1 unspecified atom stereocenters. The van der Waals surface area contributed by atoms with E-state index in [4.69, 9.17) is 4.74 Å². The van der Waals surface area contributed by atoms with Crippen molar-refractivity contribution < 1.29 is 22.7 Å². The van der Waals surface area contributed by atoms with Crippen molar-refractivity contribution in [2.75, 3.05) is 58.2 Å². The van der Waals surface area contributed by atoms with Crippen LogP contribution in [-0.4, -0.2) is 99.2 Å². The highest BCUT2D eigenvalue weighted by Crippen LogP contribution is 2.19. The Morgan fingerprint density at radius 2 is 1.76 bits per heavy atom. The molecular formula is C23H29N3O5S2. The number of rotatable bonds is 7. The minimum Gasteiger partial charge on any atom is -0.378 e. The van der Waals surface area contributed by atoms with Gasteiger partial charge < -0.3 is 14.5 Å². The van der Waals surface area contributed by atoms with Gasteiger partial charge in [-0.15, -0.1) is 11.3 Å². The zero-order valence-corrected chi connectivity index (χ0v) is 20.1. The van der Waals surface area contributed by atoms with Crippen molar-refractivity contribution >= 4 is 33.0 Å². The third kappa shape index (κ3) is 6.00. The molecule has 10 heteroatoms. The summed E-state index contributed by atoms with van der Waals surface area (Å²) in [6.45, 7) is 3.56. The van der Waals surface area contributed by atoms with Gasteiger partial charge >= 0.3 is 0 Å². The van der Waals surface area contributed by atoms with Crippen LogP contribution in [0.4, 0.5) is 0 Å². The standard InChI is InChI=1S/C23H29N3O5S2/c27-22(17-19-5-4-15-32-19)26-9-8-24(12-16-33(29,30)20-6-2-1-3-7-20)18-21(26)23(28)25-10-13-31-14-11-25/h1-7,15,21H,8-14,16-18H2. The second kappa shape index (κ2) is 10.8. The van der Waals surface area contributed by atoms with Crippen LogP contribution in [0.25, 0.3) is 0 Å². The third-order valence-corrected chi connectivity index (χ3v) is 8.66.